The van der Waals surface area contributed by atoms with Crippen LogP contribution in [0.2, 0.25) is 0 Å². The van der Waals surface area contributed by atoms with E-state index in [0.29, 0.717) is 30.8 Å². The summed E-state index contributed by atoms with van der Waals surface area (Å²) >= 11 is 0. The Balaban J connectivity index is 1.45. The summed E-state index contributed by atoms with van der Waals surface area (Å²) in [5.41, 5.74) is 3.56. The largest absolute Gasteiger partial charge is 0.478 e. The van der Waals surface area contributed by atoms with E-state index in [1.54, 1.807) is 4.68 Å². The molecular formula is C18H19N3O3. The van der Waals surface area contributed by atoms with Crippen molar-refractivity contribution in [2.75, 3.05) is 6.54 Å². The standard InChI is InChI=1S/C18H19N3O3/c1-11-4-12(7-21-10-15(6-19-21)18(23)24)2-3-13(11)8-20-9-14-5-16(14)17(20)22/h2-4,6,10,14,16H,5,7-9H2,1H3,(H,23,24). The molecule has 0 spiro atoms. The second kappa shape index (κ2) is 5.47. The summed E-state index contributed by atoms with van der Waals surface area (Å²) in [6.45, 7) is 4.16. The Labute approximate surface area is 139 Å². The lowest BCUT2D eigenvalue weighted by molar-refractivity contribution is -0.130. The molecule has 1 aromatic carbocycles. The van der Waals surface area contributed by atoms with Crippen LogP contribution in [0.3, 0.4) is 0 Å². The summed E-state index contributed by atoms with van der Waals surface area (Å²) < 4.78 is 1.62. The number of carboxylic acids is 1. The van der Waals surface area contributed by atoms with Crippen molar-refractivity contribution < 1.29 is 14.7 Å². The molecule has 0 radical (unpaired) electrons. The van der Waals surface area contributed by atoms with Gasteiger partial charge in [0.15, 0.2) is 0 Å². The maximum Gasteiger partial charge on any atom is 0.338 e. The highest BCUT2D eigenvalue weighted by Crippen LogP contribution is 2.46. The van der Waals surface area contributed by atoms with Gasteiger partial charge < -0.3 is 10.0 Å². The van der Waals surface area contributed by atoms with E-state index in [2.05, 4.69) is 17.2 Å². The van der Waals surface area contributed by atoms with Crippen LogP contribution in [0.1, 0.15) is 33.5 Å². The monoisotopic (exact) mass is 325 g/mol. The Morgan fingerprint density at radius 2 is 2.21 bits per heavy atom. The van der Waals surface area contributed by atoms with E-state index < -0.39 is 5.97 Å². The summed E-state index contributed by atoms with van der Waals surface area (Å²) in [5, 5.41) is 13.0. The van der Waals surface area contributed by atoms with Crippen molar-refractivity contribution in [1.29, 1.82) is 0 Å². The number of hydrogen-bond donors (Lipinski definition) is 1. The van der Waals surface area contributed by atoms with E-state index in [1.807, 2.05) is 17.9 Å². The van der Waals surface area contributed by atoms with Gasteiger partial charge in [-0.3, -0.25) is 9.48 Å². The zero-order valence-electron chi connectivity index (χ0n) is 13.5. The fraction of sp³-hybridized carbons (Fsp3) is 0.389. The van der Waals surface area contributed by atoms with E-state index >= 15 is 0 Å². The number of nitrogens with zero attached hydrogens (tertiary/aromatic N) is 3. The van der Waals surface area contributed by atoms with Gasteiger partial charge in [-0.1, -0.05) is 18.2 Å². The van der Waals surface area contributed by atoms with Crippen LogP contribution in [-0.4, -0.2) is 38.2 Å². The molecule has 2 unspecified atom stereocenters. The van der Waals surface area contributed by atoms with Crippen LogP contribution in [-0.2, 0) is 17.9 Å². The SMILES string of the molecule is Cc1cc(Cn2cc(C(=O)O)cn2)ccc1CN1CC2CC2C1=O. The predicted octanol–water partition coefficient (Wildman–Crippen LogP) is 1.92. The van der Waals surface area contributed by atoms with Gasteiger partial charge in [0.25, 0.3) is 0 Å². The molecule has 1 amide bonds. The summed E-state index contributed by atoms with van der Waals surface area (Å²) in [6.07, 6.45) is 3.96. The number of carboxylic acid groups (broad SMARTS) is 1. The lowest BCUT2D eigenvalue weighted by Gasteiger charge is -2.20. The maximum atomic E-state index is 12.1. The minimum Gasteiger partial charge on any atom is -0.478 e. The number of aryl methyl sites for hydroxylation is 1. The number of piperidine rings is 1. The molecule has 6 nitrogen and oxygen atoms in total. The van der Waals surface area contributed by atoms with Crippen LogP contribution >= 0.6 is 0 Å². The van der Waals surface area contributed by atoms with E-state index in [4.69, 9.17) is 5.11 Å². The highest BCUT2D eigenvalue weighted by Gasteiger charge is 2.51. The van der Waals surface area contributed by atoms with Gasteiger partial charge in [-0.15, -0.1) is 0 Å². The molecule has 2 aromatic rings. The van der Waals surface area contributed by atoms with Gasteiger partial charge >= 0.3 is 5.97 Å². The van der Waals surface area contributed by atoms with Crippen LogP contribution in [0.25, 0.3) is 0 Å². The van der Waals surface area contributed by atoms with Crippen molar-refractivity contribution in [3.63, 3.8) is 0 Å². The van der Waals surface area contributed by atoms with Crippen molar-refractivity contribution in [2.45, 2.75) is 26.4 Å². The molecule has 2 heterocycles. The first kappa shape index (κ1) is 14.9. The van der Waals surface area contributed by atoms with Crippen LogP contribution < -0.4 is 0 Å². The van der Waals surface area contributed by atoms with Crippen molar-refractivity contribution in [2.24, 2.45) is 11.8 Å². The summed E-state index contributed by atoms with van der Waals surface area (Å²) in [4.78, 5) is 25.0. The second-order valence-electron chi connectivity index (χ2n) is 6.81. The first-order chi connectivity index (χ1) is 11.5. The quantitative estimate of drug-likeness (QED) is 0.911. The van der Waals surface area contributed by atoms with E-state index in [1.165, 1.54) is 18.0 Å². The summed E-state index contributed by atoms with van der Waals surface area (Å²) in [5.74, 6) is 0.232. The first-order valence-corrected chi connectivity index (χ1v) is 8.14. The topological polar surface area (TPSA) is 75.4 Å². The number of benzene rings is 1. The van der Waals surface area contributed by atoms with Crippen LogP contribution in [0.4, 0.5) is 0 Å². The Morgan fingerprint density at radius 3 is 2.83 bits per heavy atom. The van der Waals surface area contributed by atoms with Gasteiger partial charge in [0.1, 0.15) is 0 Å². The first-order valence-electron chi connectivity index (χ1n) is 8.14. The number of likely N-dealkylation sites (tertiary alicyclic amines) is 1. The van der Waals surface area contributed by atoms with Gasteiger partial charge in [0.2, 0.25) is 5.91 Å². The Morgan fingerprint density at radius 1 is 1.38 bits per heavy atom. The minimum atomic E-state index is -0.971. The fourth-order valence-electron chi connectivity index (χ4n) is 3.49. The molecule has 1 aromatic heterocycles. The molecule has 2 atom stereocenters. The van der Waals surface area contributed by atoms with E-state index in [9.17, 15) is 9.59 Å². The summed E-state index contributed by atoms with van der Waals surface area (Å²) in [7, 11) is 0. The number of aromatic nitrogens is 2. The summed E-state index contributed by atoms with van der Waals surface area (Å²) in [6, 6.07) is 6.16. The molecule has 1 saturated heterocycles. The third-order valence-electron chi connectivity index (χ3n) is 5.00. The van der Waals surface area contributed by atoms with Gasteiger partial charge in [-0.05, 0) is 36.0 Å². The molecule has 4 rings (SSSR count). The number of carbonyl (C=O) groups is 2. The number of amides is 1. The fourth-order valence-corrected chi connectivity index (χ4v) is 3.49. The molecule has 124 valence electrons. The molecule has 1 N–H and O–H groups in total. The molecule has 2 fully saturated rings. The minimum absolute atomic E-state index is 0.189. The third kappa shape index (κ3) is 2.68. The third-order valence-corrected chi connectivity index (χ3v) is 5.00. The highest BCUT2D eigenvalue weighted by atomic mass is 16.4. The zero-order valence-corrected chi connectivity index (χ0v) is 13.5. The van der Waals surface area contributed by atoms with Gasteiger partial charge in [0, 0.05) is 25.2 Å². The molecule has 1 aliphatic carbocycles. The zero-order chi connectivity index (χ0) is 16.8. The molecule has 2 aliphatic rings. The molecule has 6 heteroatoms. The molecular weight excluding hydrogens is 306 g/mol. The Bertz CT molecular complexity index is 827. The van der Waals surface area contributed by atoms with Gasteiger partial charge in [-0.25, -0.2) is 4.79 Å². The lowest BCUT2D eigenvalue weighted by atomic mass is 10.0. The van der Waals surface area contributed by atoms with Crippen molar-refractivity contribution in [3.8, 4) is 0 Å². The number of fused-ring (bicyclic) bond motifs is 1. The van der Waals surface area contributed by atoms with Crippen molar-refractivity contribution in [3.05, 3.63) is 52.8 Å². The average Bonchev–Trinajstić information content (AvgIpc) is 3.03. The van der Waals surface area contributed by atoms with Gasteiger partial charge in [-0.2, -0.15) is 5.10 Å². The maximum absolute atomic E-state index is 12.1. The number of rotatable bonds is 5. The average molecular weight is 325 g/mol. The normalized spacial score (nSPS) is 21.9. The van der Waals surface area contributed by atoms with Crippen molar-refractivity contribution in [1.82, 2.24) is 14.7 Å². The molecule has 1 saturated carbocycles. The van der Waals surface area contributed by atoms with E-state index in [-0.39, 0.29) is 5.56 Å². The van der Waals surface area contributed by atoms with Crippen LogP contribution in [0.15, 0.2) is 30.6 Å². The number of carbonyl (C=O) groups excluding carboxylic acids is 1. The van der Waals surface area contributed by atoms with Crippen LogP contribution in [0, 0.1) is 18.8 Å². The van der Waals surface area contributed by atoms with E-state index in [0.717, 1.165) is 24.1 Å². The van der Waals surface area contributed by atoms with Crippen LogP contribution in [0.5, 0.6) is 0 Å². The number of hydrogen-bond acceptors (Lipinski definition) is 3. The number of aromatic carboxylic acids is 1. The Hall–Kier alpha value is -2.63. The molecule has 0 bridgehead atoms. The lowest BCUT2D eigenvalue weighted by Crippen LogP contribution is -2.28. The smallest absolute Gasteiger partial charge is 0.338 e. The second-order valence-corrected chi connectivity index (χ2v) is 6.81. The molecule has 24 heavy (non-hydrogen) atoms. The van der Waals surface area contributed by atoms with Gasteiger partial charge in [0.05, 0.1) is 18.3 Å². The Kier molecular flexibility index (Phi) is 3.40. The molecule has 1 aliphatic heterocycles. The van der Waals surface area contributed by atoms with Crippen molar-refractivity contribution >= 4 is 11.9 Å². The predicted molar refractivity (Wildman–Crippen MR) is 86.5 cm³/mol. The highest BCUT2D eigenvalue weighted by molar-refractivity contribution is 5.86.